The van der Waals surface area contributed by atoms with Gasteiger partial charge in [0.25, 0.3) is 5.91 Å². The number of benzene rings is 4. The lowest BCUT2D eigenvalue weighted by molar-refractivity contribution is -0.130. The second-order valence-corrected chi connectivity index (χ2v) is 12.1. The summed E-state index contributed by atoms with van der Waals surface area (Å²) in [5.41, 5.74) is 17.7. The summed E-state index contributed by atoms with van der Waals surface area (Å²) < 4.78 is 18.5. The predicted molar refractivity (Wildman–Crippen MR) is 187 cm³/mol. The Labute approximate surface area is 287 Å². The van der Waals surface area contributed by atoms with Crippen molar-refractivity contribution in [3.8, 4) is 11.5 Å². The van der Waals surface area contributed by atoms with E-state index in [9.17, 15) is 4.79 Å². The number of carbonyl (C=O) groups excluding carboxylic acids is 1. The van der Waals surface area contributed by atoms with Gasteiger partial charge >= 0.3 is 0 Å². The Balaban J connectivity index is 1.50. The molecular formula is C36H37BrN6O5. The van der Waals surface area contributed by atoms with Crippen molar-refractivity contribution in [3.05, 3.63) is 140 Å². The molecule has 5 rings (SSSR count). The van der Waals surface area contributed by atoms with Crippen LogP contribution in [0, 0.1) is 0 Å². The number of hydrogen-bond donors (Lipinski definition) is 3. The molecule has 1 amide bonds. The van der Waals surface area contributed by atoms with Crippen molar-refractivity contribution in [1.82, 2.24) is 10.9 Å². The molecule has 0 saturated carbocycles. The fourth-order valence-corrected chi connectivity index (χ4v) is 5.72. The lowest BCUT2D eigenvalue weighted by Crippen LogP contribution is -2.54. The first kappa shape index (κ1) is 34.5. The molecule has 4 aromatic rings. The quantitative estimate of drug-likeness (QED) is 0.0403. The van der Waals surface area contributed by atoms with Gasteiger partial charge in [-0.05, 0) is 82.7 Å². The van der Waals surface area contributed by atoms with E-state index in [2.05, 4.69) is 36.8 Å². The molecule has 48 heavy (non-hydrogen) atoms. The summed E-state index contributed by atoms with van der Waals surface area (Å²) in [6.45, 7) is 1.04. The zero-order valence-electron chi connectivity index (χ0n) is 26.5. The Morgan fingerprint density at radius 1 is 1.02 bits per heavy atom. The molecule has 0 saturated heterocycles. The van der Waals surface area contributed by atoms with Crippen molar-refractivity contribution in [1.29, 1.82) is 0 Å². The summed E-state index contributed by atoms with van der Waals surface area (Å²) in [6, 6.07) is 30.3. The van der Waals surface area contributed by atoms with Crippen LogP contribution in [0.2, 0.25) is 0 Å². The minimum atomic E-state index is -1.45. The van der Waals surface area contributed by atoms with Crippen LogP contribution in [0.3, 0.4) is 0 Å². The monoisotopic (exact) mass is 712 g/mol. The van der Waals surface area contributed by atoms with Gasteiger partial charge in [-0.25, -0.2) is 10.4 Å². The maximum Gasteiger partial charge on any atom is 0.266 e. The van der Waals surface area contributed by atoms with Crippen molar-refractivity contribution in [2.45, 2.75) is 37.5 Å². The van der Waals surface area contributed by atoms with Gasteiger partial charge < -0.3 is 19.3 Å². The number of nitrogens with zero attached hydrogens (tertiary/aromatic N) is 4. The molecule has 12 heteroatoms. The van der Waals surface area contributed by atoms with Crippen LogP contribution in [0.1, 0.15) is 40.3 Å². The van der Waals surface area contributed by atoms with Gasteiger partial charge in [0.05, 0.1) is 20.3 Å². The molecule has 2 atom stereocenters. The lowest BCUT2D eigenvalue weighted by atomic mass is 9.81. The summed E-state index contributed by atoms with van der Waals surface area (Å²) in [6.07, 6.45) is 0.569. The van der Waals surface area contributed by atoms with Gasteiger partial charge in [0.15, 0.2) is 11.6 Å². The Hall–Kier alpha value is -4.87. The number of nitrogens with one attached hydrogen (secondary N) is 2. The van der Waals surface area contributed by atoms with E-state index < -0.39 is 11.6 Å². The van der Waals surface area contributed by atoms with Crippen LogP contribution in [0.4, 0.5) is 0 Å². The topological polar surface area (TPSA) is 150 Å². The highest BCUT2D eigenvalue weighted by atomic mass is 79.9. The van der Waals surface area contributed by atoms with Gasteiger partial charge in [0.2, 0.25) is 5.90 Å². The zero-order valence-corrected chi connectivity index (χ0v) is 28.1. The minimum Gasteiger partial charge on any atom is -0.497 e. The Morgan fingerprint density at radius 3 is 2.42 bits per heavy atom. The second-order valence-electron chi connectivity index (χ2n) is 11.2. The van der Waals surface area contributed by atoms with Crippen LogP contribution in [0.15, 0.2) is 112 Å². The third-order valence-electron chi connectivity index (χ3n) is 7.98. The van der Waals surface area contributed by atoms with Gasteiger partial charge in [-0.3, -0.25) is 10.2 Å². The van der Waals surface area contributed by atoms with E-state index in [4.69, 9.17) is 29.8 Å². The maximum atomic E-state index is 14.5. The molecule has 1 heterocycles. The van der Waals surface area contributed by atoms with Crippen molar-refractivity contribution in [2.24, 2.45) is 10.1 Å². The van der Waals surface area contributed by atoms with Gasteiger partial charge in [0, 0.05) is 40.9 Å². The number of methoxy groups -OCH3 is 1. The standard InChI is InChI=1S/C36H37BrN6O5/c1-46-31-15-7-25(8-16-31)19-20-39-42-35(45)36(23-28-5-2-3-6-29(28)24-40-43-38)33(26-9-13-30(37)14-10-26)48-34(41-36)27-11-17-32(18-12-27)47-22-4-21-44/h2-3,5-18,33,39,44H,4,19-24H2,1H3,(H,42,45)/t33-,36-/m0/s1. The second kappa shape index (κ2) is 16.8. The number of amides is 1. The van der Waals surface area contributed by atoms with Crippen LogP contribution in [0.5, 0.6) is 11.5 Å². The molecule has 3 N–H and O–H groups in total. The van der Waals surface area contributed by atoms with E-state index in [1.54, 1.807) is 7.11 Å². The fourth-order valence-electron chi connectivity index (χ4n) is 5.45. The van der Waals surface area contributed by atoms with E-state index in [0.717, 1.165) is 32.5 Å². The number of aliphatic hydroxyl groups is 1. The van der Waals surface area contributed by atoms with Crippen LogP contribution < -0.4 is 20.3 Å². The summed E-state index contributed by atoms with van der Waals surface area (Å²) >= 11 is 3.51. The zero-order chi connectivity index (χ0) is 33.8. The molecule has 0 aromatic heterocycles. The number of aliphatic imine (C=N–C) groups is 1. The summed E-state index contributed by atoms with van der Waals surface area (Å²) in [5, 5.41) is 12.9. The first-order chi connectivity index (χ1) is 23.5. The summed E-state index contributed by atoms with van der Waals surface area (Å²) in [5.74, 6) is 1.36. The van der Waals surface area contributed by atoms with Gasteiger partial charge in [0.1, 0.15) is 11.5 Å². The number of aliphatic hydroxyl groups excluding tert-OH is 1. The van der Waals surface area contributed by atoms with E-state index in [-0.39, 0.29) is 25.5 Å². The summed E-state index contributed by atoms with van der Waals surface area (Å²) in [7, 11) is 1.63. The molecule has 1 aliphatic rings. The van der Waals surface area contributed by atoms with E-state index >= 15 is 0 Å². The van der Waals surface area contributed by atoms with Crippen LogP contribution in [0.25, 0.3) is 10.4 Å². The number of carbonyl (C=O) groups is 1. The van der Waals surface area contributed by atoms with Gasteiger partial charge in [-0.15, -0.1) is 0 Å². The number of azide groups is 1. The Morgan fingerprint density at radius 2 is 1.73 bits per heavy atom. The maximum absolute atomic E-state index is 14.5. The third-order valence-corrected chi connectivity index (χ3v) is 8.51. The number of ether oxygens (including phenoxy) is 3. The molecule has 0 fully saturated rings. The van der Waals surface area contributed by atoms with Crippen LogP contribution >= 0.6 is 15.9 Å². The first-order valence-electron chi connectivity index (χ1n) is 15.6. The molecule has 0 radical (unpaired) electrons. The van der Waals surface area contributed by atoms with Crippen LogP contribution in [-0.4, -0.2) is 49.3 Å². The molecular weight excluding hydrogens is 676 g/mol. The van der Waals surface area contributed by atoms with E-state index in [0.29, 0.717) is 43.2 Å². The van der Waals surface area contributed by atoms with Crippen molar-refractivity contribution in [3.63, 3.8) is 0 Å². The highest BCUT2D eigenvalue weighted by molar-refractivity contribution is 9.10. The molecule has 0 spiro atoms. The predicted octanol–water partition coefficient (Wildman–Crippen LogP) is 6.39. The third kappa shape index (κ3) is 8.53. The highest BCUT2D eigenvalue weighted by Gasteiger charge is 2.53. The average molecular weight is 714 g/mol. The number of halogens is 1. The minimum absolute atomic E-state index is 0.0483. The Bertz CT molecular complexity index is 1740. The van der Waals surface area contributed by atoms with Crippen molar-refractivity contribution >= 4 is 27.7 Å². The van der Waals surface area contributed by atoms with E-state index in [1.807, 2.05) is 97.1 Å². The van der Waals surface area contributed by atoms with Crippen LogP contribution in [-0.2, 0) is 28.9 Å². The van der Waals surface area contributed by atoms with E-state index in [1.165, 1.54) is 0 Å². The van der Waals surface area contributed by atoms with Crippen molar-refractivity contribution in [2.75, 3.05) is 26.9 Å². The summed E-state index contributed by atoms with van der Waals surface area (Å²) in [4.78, 5) is 22.5. The molecule has 0 bridgehead atoms. The molecule has 11 nitrogen and oxygen atoms in total. The molecule has 4 aromatic carbocycles. The fraction of sp³-hybridized carbons (Fsp3) is 0.278. The molecule has 1 aliphatic heterocycles. The lowest BCUT2D eigenvalue weighted by Gasteiger charge is -2.31. The Kier molecular flexibility index (Phi) is 12.1. The van der Waals surface area contributed by atoms with Gasteiger partial charge in [-0.1, -0.05) is 69.6 Å². The number of hydrogen-bond acceptors (Lipinski definition) is 8. The molecule has 248 valence electrons. The number of rotatable bonds is 16. The van der Waals surface area contributed by atoms with Gasteiger partial charge in [-0.2, -0.15) is 0 Å². The normalized spacial score (nSPS) is 16.7. The molecule has 0 aliphatic carbocycles. The average Bonchev–Trinajstić information content (AvgIpc) is 3.51. The highest BCUT2D eigenvalue weighted by Crippen LogP contribution is 2.43. The largest absolute Gasteiger partial charge is 0.497 e. The number of hydrazine groups is 1. The first-order valence-corrected chi connectivity index (χ1v) is 16.3. The van der Waals surface area contributed by atoms with Crippen molar-refractivity contribution < 1.29 is 24.1 Å². The molecule has 0 unspecified atom stereocenters. The SMILES string of the molecule is COc1ccc(CCNNC(=O)[C@@]2(Cc3ccccc3CN=[N+]=[N-])N=C(c3ccc(OCCCO)cc3)O[C@H]2c2ccc(Br)cc2)cc1. The smallest absolute Gasteiger partial charge is 0.266 e.